The van der Waals surface area contributed by atoms with Crippen molar-refractivity contribution in [3.63, 3.8) is 0 Å². The first-order valence-corrected chi connectivity index (χ1v) is 7.82. The van der Waals surface area contributed by atoms with Crippen molar-refractivity contribution in [2.45, 2.75) is 37.6 Å². The average molecular weight is 323 g/mol. The molecule has 2 aromatic rings. The molecule has 1 unspecified atom stereocenters. The highest BCUT2D eigenvalue weighted by molar-refractivity contribution is 5.83. The van der Waals surface area contributed by atoms with Crippen LogP contribution in [-0.4, -0.2) is 34.9 Å². The summed E-state index contributed by atoms with van der Waals surface area (Å²) in [6.07, 6.45) is -5.09. The molecule has 5 heteroatoms. The third-order valence-corrected chi connectivity index (χ3v) is 4.96. The first-order chi connectivity index (χ1) is 10.8. The van der Waals surface area contributed by atoms with Gasteiger partial charge in [0.25, 0.3) is 0 Å². The quantitative estimate of drug-likeness (QED) is 0.891. The highest BCUT2D eigenvalue weighted by Crippen LogP contribution is 2.40. The molecule has 1 fully saturated rings. The summed E-state index contributed by atoms with van der Waals surface area (Å²) in [6.45, 7) is 2.48. The maximum absolute atomic E-state index is 12.9. The fraction of sp³-hybridized carbons (Fsp3) is 0.444. The van der Waals surface area contributed by atoms with Crippen LogP contribution >= 0.6 is 0 Å². The van der Waals surface area contributed by atoms with E-state index in [1.54, 1.807) is 0 Å². The third kappa shape index (κ3) is 3.08. The van der Waals surface area contributed by atoms with Crippen LogP contribution < -0.4 is 0 Å². The Balaban J connectivity index is 1.75. The van der Waals surface area contributed by atoms with E-state index in [4.69, 9.17) is 0 Å². The zero-order valence-corrected chi connectivity index (χ0v) is 13.0. The Kier molecular flexibility index (Phi) is 4.10. The summed E-state index contributed by atoms with van der Waals surface area (Å²) in [7, 11) is 0. The van der Waals surface area contributed by atoms with Gasteiger partial charge in [0.15, 0.2) is 5.60 Å². The van der Waals surface area contributed by atoms with E-state index in [2.05, 4.69) is 6.07 Å². The molecule has 3 rings (SSSR count). The number of rotatable bonds is 2. The van der Waals surface area contributed by atoms with Crippen molar-refractivity contribution in [2.24, 2.45) is 0 Å². The molecule has 0 aromatic heterocycles. The molecule has 1 aliphatic rings. The molecule has 23 heavy (non-hydrogen) atoms. The fourth-order valence-electron chi connectivity index (χ4n) is 3.24. The summed E-state index contributed by atoms with van der Waals surface area (Å²) < 4.78 is 38.6. The van der Waals surface area contributed by atoms with Gasteiger partial charge in [0.2, 0.25) is 0 Å². The number of piperidine rings is 1. The predicted molar refractivity (Wildman–Crippen MR) is 84.2 cm³/mol. The minimum atomic E-state index is -4.55. The van der Waals surface area contributed by atoms with E-state index in [1.165, 1.54) is 0 Å². The molecule has 0 bridgehead atoms. The number of nitrogens with zero attached hydrogens (tertiary/aromatic N) is 1. The molecule has 0 aliphatic carbocycles. The molecule has 0 spiro atoms. The number of halogens is 3. The molecule has 1 aliphatic heterocycles. The zero-order valence-electron chi connectivity index (χ0n) is 13.0. The Labute approximate surface area is 133 Å². The van der Waals surface area contributed by atoms with E-state index < -0.39 is 11.8 Å². The second kappa shape index (κ2) is 5.80. The van der Waals surface area contributed by atoms with Crippen molar-refractivity contribution >= 4 is 10.8 Å². The minimum Gasteiger partial charge on any atom is -0.380 e. The summed E-state index contributed by atoms with van der Waals surface area (Å²) in [4.78, 5) is 2.00. The van der Waals surface area contributed by atoms with E-state index in [9.17, 15) is 18.3 Å². The lowest BCUT2D eigenvalue weighted by Crippen LogP contribution is -2.53. The van der Waals surface area contributed by atoms with Crippen LogP contribution in [0.15, 0.2) is 42.5 Å². The number of alkyl halides is 3. The maximum atomic E-state index is 12.9. The standard InChI is InChI=1S/C18H20F3NO/c1-13(15-7-6-14-4-2-3-5-16(14)12-15)22-10-8-17(23,9-11-22)18(19,20)21/h2-7,12-13,23H,8-11H2,1H3. The van der Waals surface area contributed by atoms with Crippen LogP contribution in [0.4, 0.5) is 13.2 Å². The first kappa shape index (κ1) is 16.3. The summed E-state index contributed by atoms with van der Waals surface area (Å²) in [6, 6.07) is 14.2. The SMILES string of the molecule is CC(c1ccc2ccccc2c1)N1CCC(O)(C(F)(F)F)CC1. The topological polar surface area (TPSA) is 23.5 Å². The Bertz CT molecular complexity index is 690. The number of fused-ring (bicyclic) bond motifs is 1. The molecule has 1 atom stereocenters. The molecule has 0 amide bonds. The molecule has 1 N–H and O–H groups in total. The molecule has 124 valence electrons. The monoisotopic (exact) mass is 323 g/mol. The van der Waals surface area contributed by atoms with Crippen LogP contribution in [-0.2, 0) is 0 Å². The number of hydrogen-bond donors (Lipinski definition) is 1. The lowest BCUT2D eigenvalue weighted by atomic mass is 9.89. The van der Waals surface area contributed by atoms with E-state index in [0.29, 0.717) is 0 Å². The summed E-state index contributed by atoms with van der Waals surface area (Å²) in [5.41, 5.74) is -1.45. The van der Waals surface area contributed by atoms with Gasteiger partial charge in [-0.05, 0) is 42.2 Å². The molecule has 1 saturated heterocycles. The molecular formula is C18H20F3NO. The first-order valence-electron chi connectivity index (χ1n) is 7.82. The predicted octanol–water partition coefficient (Wildman–Crippen LogP) is 4.29. The molecule has 0 saturated carbocycles. The van der Waals surface area contributed by atoms with Crippen molar-refractivity contribution in [2.75, 3.05) is 13.1 Å². The van der Waals surface area contributed by atoms with Crippen LogP contribution in [0.5, 0.6) is 0 Å². The molecule has 2 aromatic carbocycles. The number of likely N-dealkylation sites (tertiary alicyclic amines) is 1. The Morgan fingerprint density at radius 2 is 1.65 bits per heavy atom. The maximum Gasteiger partial charge on any atom is 0.417 e. The summed E-state index contributed by atoms with van der Waals surface area (Å²) in [5.74, 6) is 0. The van der Waals surface area contributed by atoms with Gasteiger partial charge in [-0.3, -0.25) is 4.90 Å². The number of benzene rings is 2. The van der Waals surface area contributed by atoms with E-state index >= 15 is 0 Å². The van der Waals surface area contributed by atoms with Crippen LogP contribution in [0.25, 0.3) is 10.8 Å². The van der Waals surface area contributed by atoms with Gasteiger partial charge in [-0.25, -0.2) is 0 Å². The third-order valence-electron chi connectivity index (χ3n) is 4.96. The second-order valence-electron chi connectivity index (χ2n) is 6.35. The van der Waals surface area contributed by atoms with Gasteiger partial charge >= 0.3 is 6.18 Å². The Hall–Kier alpha value is -1.59. The Morgan fingerprint density at radius 1 is 1.04 bits per heavy atom. The Morgan fingerprint density at radius 3 is 2.26 bits per heavy atom. The molecule has 0 radical (unpaired) electrons. The summed E-state index contributed by atoms with van der Waals surface area (Å²) >= 11 is 0. The average Bonchev–Trinajstić information content (AvgIpc) is 2.53. The second-order valence-corrected chi connectivity index (χ2v) is 6.35. The van der Waals surface area contributed by atoms with Gasteiger partial charge in [0.1, 0.15) is 0 Å². The number of hydrogen-bond acceptors (Lipinski definition) is 2. The normalized spacial score (nSPS) is 20.6. The van der Waals surface area contributed by atoms with Gasteiger partial charge in [0, 0.05) is 19.1 Å². The van der Waals surface area contributed by atoms with Gasteiger partial charge in [0.05, 0.1) is 0 Å². The molecule has 1 heterocycles. The lowest BCUT2D eigenvalue weighted by Gasteiger charge is -2.41. The lowest BCUT2D eigenvalue weighted by molar-refractivity contribution is -0.273. The van der Waals surface area contributed by atoms with Gasteiger partial charge in [-0.15, -0.1) is 0 Å². The minimum absolute atomic E-state index is 0.0254. The van der Waals surface area contributed by atoms with Crippen molar-refractivity contribution in [3.05, 3.63) is 48.0 Å². The molecular weight excluding hydrogens is 303 g/mol. The van der Waals surface area contributed by atoms with Crippen molar-refractivity contribution in [1.29, 1.82) is 0 Å². The van der Waals surface area contributed by atoms with E-state index in [0.717, 1.165) is 16.3 Å². The van der Waals surface area contributed by atoms with E-state index in [1.807, 2.05) is 48.2 Å². The van der Waals surface area contributed by atoms with Crippen molar-refractivity contribution in [1.82, 2.24) is 4.90 Å². The zero-order chi connectivity index (χ0) is 16.7. The smallest absolute Gasteiger partial charge is 0.380 e. The largest absolute Gasteiger partial charge is 0.417 e. The van der Waals surface area contributed by atoms with Gasteiger partial charge < -0.3 is 5.11 Å². The van der Waals surface area contributed by atoms with Crippen LogP contribution in [0.1, 0.15) is 31.4 Å². The van der Waals surface area contributed by atoms with Crippen molar-refractivity contribution in [3.8, 4) is 0 Å². The van der Waals surface area contributed by atoms with Crippen LogP contribution in [0.2, 0.25) is 0 Å². The highest BCUT2D eigenvalue weighted by Gasteiger charge is 2.54. The fourth-order valence-corrected chi connectivity index (χ4v) is 3.24. The number of aliphatic hydroxyl groups is 1. The van der Waals surface area contributed by atoms with Gasteiger partial charge in [-0.1, -0.05) is 36.4 Å². The van der Waals surface area contributed by atoms with Crippen LogP contribution in [0, 0.1) is 0 Å². The highest BCUT2D eigenvalue weighted by atomic mass is 19.4. The van der Waals surface area contributed by atoms with Gasteiger partial charge in [-0.2, -0.15) is 13.2 Å². The van der Waals surface area contributed by atoms with Crippen LogP contribution in [0.3, 0.4) is 0 Å². The van der Waals surface area contributed by atoms with Crippen molar-refractivity contribution < 1.29 is 18.3 Å². The molecule has 2 nitrogen and oxygen atoms in total. The van der Waals surface area contributed by atoms with E-state index in [-0.39, 0.29) is 32.0 Å². The summed E-state index contributed by atoms with van der Waals surface area (Å²) in [5, 5.41) is 12.0.